The van der Waals surface area contributed by atoms with E-state index in [1.165, 1.54) is 30.7 Å². The number of carbonyl (C=O) groups is 1. The molecule has 2 aromatic carbocycles. The Bertz CT molecular complexity index is 1340. The molecule has 1 saturated heterocycles. The minimum Gasteiger partial charge on any atom is -0.493 e. The molecule has 1 aliphatic rings. The molecule has 0 spiro atoms. The summed E-state index contributed by atoms with van der Waals surface area (Å²) >= 11 is 0. The van der Waals surface area contributed by atoms with Gasteiger partial charge in [0.05, 0.1) is 25.0 Å². The van der Waals surface area contributed by atoms with E-state index in [0.717, 1.165) is 5.56 Å². The van der Waals surface area contributed by atoms with Crippen LogP contribution in [0.25, 0.3) is 0 Å². The quantitative estimate of drug-likeness (QED) is 0.444. The van der Waals surface area contributed by atoms with E-state index in [9.17, 15) is 13.2 Å². The van der Waals surface area contributed by atoms with Crippen LogP contribution in [0, 0.1) is 5.92 Å². The lowest BCUT2D eigenvalue weighted by Crippen LogP contribution is -2.43. The molecular formula is C26H32N4O6S. The first-order valence-corrected chi connectivity index (χ1v) is 13.6. The molecule has 10 nitrogen and oxygen atoms in total. The Morgan fingerprint density at radius 1 is 1.14 bits per heavy atom. The van der Waals surface area contributed by atoms with Gasteiger partial charge in [0.25, 0.3) is 0 Å². The van der Waals surface area contributed by atoms with Gasteiger partial charge in [0, 0.05) is 37.2 Å². The molecule has 1 fully saturated rings. The first-order chi connectivity index (χ1) is 17.7. The van der Waals surface area contributed by atoms with Crippen LogP contribution in [0.15, 0.2) is 51.9 Å². The molecule has 2 heterocycles. The second-order valence-electron chi connectivity index (χ2n) is 9.29. The van der Waals surface area contributed by atoms with Crippen molar-refractivity contribution >= 4 is 21.6 Å². The van der Waals surface area contributed by atoms with Crippen molar-refractivity contribution in [1.29, 1.82) is 0 Å². The molecule has 11 heteroatoms. The lowest BCUT2D eigenvalue weighted by Gasteiger charge is -2.31. The average molecular weight is 529 g/mol. The summed E-state index contributed by atoms with van der Waals surface area (Å²) in [7, 11) is -0.856. The third-order valence-corrected chi connectivity index (χ3v) is 8.17. The van der Waals surface area contributed by atoms with Gasteiger partial charge in [0.15, 0.2) is 17.3 Å². The Balaban J connectivity index is 1.39. The number of nitrogens with zero attached hydrogens (tertiary/aromatic N) is 3. The van der Waals surface area contributed by atoms with Crippen molar-refractivity contribution < 1.29 is 27.2 Å². The number of anilines is 1. The number of nitrogens with one attached hydrogen (secondary N) is 1. The Labute approximate surface area is 217 Å². The van der Waals surface area contributed by atoms with Gasteiger partial charge in [-0.1, -0.05) is 31.1 Å². The summed E-state index contributed by atoms with van der Waals surface area (Å²) in [6.45, 7) is 4.44. The van der Waals surface area contributed by atoms with Crippen molar-refractivity contribution in [1.82, 2.24) is 14.4 Å². The largest absolute Gasteiger partial charge is 0.493 e. The first kappa shape index (κ1) is 26.6. The van der Waals surface area contributed by atoms with E-state index in [2.05, 4.69) is 15.5 Å². The van der Waals surface area contributed by atoms with E-state index in [1.807, 2.05) is 38.1 Å². The molecule has 1 N–H and O–H groups in total. The maximum Gasteiger partial charge on any atom is 0.243 e. The van der Waals surface area contributed by atoms with Gasteiger partial charge in [0.2, 0.25) is 21.8 Å². The fourth-order valence-electron chi connectivity index (χ4n) is 4.21. The van der Waals surface area contributed by atoms with Gasteiger partial charge in [-0.25, -0.2) is 8.42 Å². The summed E-state index contributed by atoms with van der Waals surface area (Å²) in [5.41, 5.74) is 1.63. The van der Waals surface area contributed by atoms with Crippen molar-refractivity contribution in [2.75, 3.05) is 32.6 Å². The normalized spacial score (nSPS) is 16.5. The summed E-state index contributed by atoms with van der Waals surface area (Å²) in [4.78, 5) is 17.5. The van der Waals surface area contributed by atoms with Gasteiger partial charge < -0.3 is 19.3 Å². The van der Waals surface area contributed by atoms with Crippen molar-refractivity contribution in [3.63, 3.8) is 0 Å². The molecule has 1 unspecified atom stereocenters. The van der Waals surface area contributed by atoms with Crippen LogP contribution in [0.4, 0.5) is 5.69 Å². The molecule has 1 aromatic heterocycles. The Kier molecular flexibility index (Phi) is 8.13. The standard InChI is InChI=1S/C26H32N4O6S/c1-17(2)26-28-24(29-36-26)14-18-7-9-20(10-8-18)27-25(31)19-6-5-13-30(16-19)37(32,33)21-11-12-22(34-3)23(15-21)35-4/h7-12,15,17,19H,5-6,13-14,16H2,1-4H3,(H,27,31). The number of amides is 1. The number of piperidine rings is 1. The molecule has 4 rings (SSSR count). The highest BCUT2D eigenvalue weighted by Gasteiger charge is 2.34. The van der Waals surface area contributed by atoms with Crippen molar-refractivity contribution in [2.45, 2.75) is 43.9 Å². The highest BCUT2D eigenvalue weighted by molar-refractivity contribution is 7.89. The Morgan fingerprint density at radius 2 is 1.86 bits per heavy atom. The zero-order chi connectivity index (χ0) is 26.6. The van der Waals surface area contributed by atoms with Gasteiger partial charge in [0.1, 0.15) is 0 Å². The van der Waals surface area contributed by atoms with Crippen molar-refractivity contribution in [2.24, 2.45) is 5.92 Å². The number of methoxy groups -OCH3 is 2. The molecule has 198 valence electrons. The first-order valence-electron chi connectivity index (χ1n) is 12.2. The predicted octanol–water partition coefficient (Wildman–Crippen LogP) is 3.84. The third kappa shape index (κ3) is 6.11. The number of ether oxygens (including phenoxy) is 2. The van der Waals surface area contributed by atoms with Crippen LogP contribution in [0.3, 0.4) is 0 Å². The predicted molar refractivity (Wildman–Crippen MR) is 137 cm³/mol. The van der Waals surface area contributed by atoms with Gasteiger partial charge >= 0.3 is 0 Å². The van der Waals surface area contributed by atoms with E-state index in [1.54, 1.807) is 6.07 Å². The van der Waals surface area contributed by atoms with Crippen LogP contribution < -0.4 is 14.8 Å². The summed E-state index contributed by atoms with van der Waals surface area (Å²) in [6.07, 6.45) is 1.72. The highest BCUT2D eigenvalue weighted by atomic mass is 32.2. The molecule has 3 aromatic rings. The van der Waals surface area contributed by atoms with Gasteiger partial charge in [-0.3, -0.25) is 4.79 Å². The van der Waals surface area contributed by atoms with Gasteiger partial charge in [-0.15, -0.1) is 0 Å². The summed E-state index contributed by atoms with van der Waals surface area (Å²) in [5, 5.41) is 6.93. The topological polar surface area (TPSA) is 124 Å². The molecule has 0 radical (unpaired) electrons. The van der Waals surface area contributed by atoms with Crippen LogP contribution in [0.1, 0.15) is 49.9 Å². The summed E-state index contributed by atoms with van der Waals surface area (Å²) in [6, 6.07) is 11.9. The number of benzene rings is 2. The van der Waals surface area contributed by atoms with Crippen molar-refractivity contribution in [3.05, 3.63) is 59.7 Å². The highest BCUT2D eigenvalue weighted by Crippen LogP contribution is 2.32. The molecule has 1 amide bonds. The molecule has 1 atom stereocenters. The molecule has 1 aliphatic heterocycles. The number of aromatic nitrogens is 2. The fraction of sp³-hybridized carbons (Fsp3) is 0.423. The van der Waals surface area contributed by atoms with Crippen molar-refractivity contribution in [3.8, 4) is 11.5 Å². The summed E-state index contributed by atoms with van der Waals surface area (Å²) in [5.74, 6) is 1.49. The number of hydrogen-bond acceptors (Lipinski definition) is 8. The van der Waals surface area contributed by atoms with E-state index in [4.69, 9.17) is 14.0 Å². The zero-order valence-corrected chi connectivity index (χ0v) is 22.2. The lowest BCUT2D eigenvalue weighted by atomic mass is 9.98. The Morgan fingerprint density at radius 3 is 2.51 bits per heavy atom. The minimum absolute atomic E-state index is 0.101. The Hall–Kier alpha value is -3.44. The number of hydrogen-bond donors (Lipinski definition) is 1. The minimum atomic E-state index is -3.80. The van der Waals surface area contributed by atoms with E-state index in [0.29, 0.717) is 54.7 Å². The van der Waals surface area contributed by atoms with Crippen LogP contribution in [0.5, 0.6) is 11.5 Å². The number of carbonyl (C=O) groups excluding carboxylic acids is 1. The SMILES string of the molecule is COc1ccc(S(=O)(=O)N2CCCC(C(=O)Nc3ccc(Cc4noc(C(C)C)n4)cc3)C2)cc1OC. The monoisotopic (exact) mass is 528 g/mol. The van der Waals surface area contributed by atoms with E-state index < -0.39 is 15.9 Å². The third-order valence-electron chi connectivity index (χ3n) is 6.31. The molecule has 0 aliphatic carbocycles. The second kappa shape index (κ2) is 11.3. The summed E-state index contributed by atoms with van der Waals surface area (Å²) < 4.78 is 43.6. The zero-order valence-electron chi connectivity index (χ0n) is 21.4. The fourth-order valence-corrected chi connectivity index (χ4v) is 5.75. The lowest BCUT2D eigenvalue weighted by molar-refractivity contribution is -0.120. The van der Waals surface area contributed by atoms with Crippen LogP contribution in [0.2, 0.25) is 0 Å². The number of rotatable bonds is 9. The van der Waals surface area contributed by atoms with Gasteiger partial charge in [-0.2, -0.15) is 9.29 Å². The van der Waals surface area contributed by atoms with Gasteiger partial charge in [-0.05, 0) is 42.7 Å². The van der Waals surface area contributed by atoms with Crippen LogP contribution >= 0.6 is 0 Å². The van der Waals surface area contributed by atoms with E-state index in [-0.39, 0.29) is 23.3 Å². The molecular weight excluding hydrogens is 496 g/mol. The smallest absolute Gasteiger partial charge is 0.243 e. The van der Waals surface area contributed by atoms with E-state index >= 15 is 0 Å². The number of sulfonamides is 1. The molecule has 0 bridgehead atoms. The molecule has 37 heavy (non-hydrogen) atoms. The van der Waals surface area contributed by atoms with Crippen LogP contribution in [-0.4, -0.2) is 56.1 Å². The maximum absolute atomic E-state index is 13.3. The molecule has 0 saturated carbocycles. The maximum atomic E-state index is 13.3. The van der Waals surface area contributed by atoms with Crippen LogP contribution in [-0.2, 0) is 21.2 Å². The second-order valence-corrected chi connectivity index (χ2v) is 11.2. The average Bonchev–Trinajstić information content (AvgIpc) is 3.38.